The number of hydrogen-bond acceptors (Lipinski definition) is 3. The van der Waals surface area contributed by atoms with Crippen molar-refractivity contribution in [2.75, 3.05) is 13.1 Å². The molecule has 6 nitrogen and oxygen atoms in total. The third kappa shape index (κ3) is 4.09. The van der Waals surface area contributed by atoms with Crippen molar-refractivity contribution in [1.82, 2.24) is 10.2 Å². The van der Waals surface area contributed by atoms with Crippen LogP contribution in [0.4, 0.5) is 17.6 Å². The van der Waals surface area contributed by atoms with Crippen molar-refractivity contribution in [2.24, 2.45) is 5.92 Å². The molecule has 0 saturated carbocycles. The summed E-state index contributed by atoms with van der Waals surface area (Å²) in [5, 5.41) is 11.1. The molecule has 1 aliphatic heterocycles. The maximum Gasteiger partial charge on any atom is 0.471 e. The zero-order chi connectivity index (χ0) is 20.4. The van der Waals surface area contributed by atoms with E-state index in [0.29, 0.717) is 0 Å². The number of benzene rings is 1. The molecule has 10 heteroatoms. The van der Waals surface area contributed by atoms with Crippen molar-refractivity contribution in [3.05, 3.63) is 48.3 Å². The zero-order valence-corrected chi connectivity index (χ0v) is 13.9. The summed E-state index contributed by atoms with van der Waals surface area (Å²) in [6, 6.07) is 4.41. The number of alkyl halides is 3. The lowest BCUT2D eigenvalue weighted by Crippen LogP contribution is -2.62. The molecule has 1 aromatic rings. The van der Waals surface area contributed by atoms with Gasteiger partial charge in [0, 0.05) is 18.0 Å². The topological polar surface area (TPSA) is 86.7 Å². The monoisotopic (exact) mass is 388 g/mol. The molecule has 2 atom stereocenters. The Morgan fingerprint density at radius 1 is 1.30 bits per heavy atom. The predicted molar refractivity (Wildman–Crippen MR) is 85.2 cm³/mol. The van der Waals surface area contributed by atoms with Crippen LogP contribution in [-0.2, 0) is 9.59 Å². The average Bonchev–Trinajstić information content (AvgIpc) is 2.94. The Bertz CT molecular complexity index is 763. The van der Waals surface area contributed by atoms with Crippen LogP contribution in [0.5, 0.6) is 0 Å². The van der Waals surface area contributed by atoms with Crippen molar-refractivity contribution in [3.63, 3.8) is 0 Å². The van der Waals surface area contributed by atoms with E-state index >= 15 is 0 Å². The second-order valence-corrected chi connectivity index (χ2v) is 6.14. The fourth-order valence-electron chi connectivity index (χ4n) is 3.03. The Morgan fingerprint density at radius 3 is 2.37 bits per heavy atom. The first-order valence-corrected chi connectivity index (χ1v) is 7.79. The minimum atomic E-state index is -5.28. The van der Waals surface area contributed by atoms with E-state index in [2.05, 4.69) is 6.58 Å². The average molecular weight is 388 g/mol. The second-order valence-electron chi connectivity index (χ2n) is 6.14. The molecule has 146 valence electrons. The van der Waals surface area contributed by atoms with Crippen LogP contribution in [0.25, 0.3) is 0 Å². The van der Waals surface area contributed by atoms with Crippen LogP contribution in [0.1, 0.15) is 16.8 Å². The van der Waals surface area contributed by atoms with Gasteiger partial charge >= 0.3 is 18.1 Å². The van der Waals surface area contributed by atoms with E-state index in [1.807, 2.05) is 0 Å². The molecule has 1 heterocycles. The second kappa shape index (κ2) is 7.37. The van der Waals surface area contributed by atoms with Gasteiger partial charge in [0.1, 0.15) is 5.82 Å². The highest BCUT2D eigenvalue weighted by Crippen LogP contribution is 2.33. The molecule has 1 fully saturated rings. The number of nitrogens with zero attached hydrogens (tertiary/aromatic N) is 1. The number of likely N-dealkylation sites (tertiary alicyclic amines) is 1. The highest BCUT2D eigenvalue weighted by molar-refractivity contribution is 5.96. The van der Waals surface area contributed by atoms with Crippen LogP contribution in [0.3, 0.4) is 0 Å². The molecule has 2 rings (SSSR count). The number of carbonyl (C=O) groups excluding carboxylic acids is 2. The molecule has 0 radical (unpaired) electrons. The summed E-state index contributed by atoms with van der Waals surface area (Å²) in [5.41, 5.74) is -2.28. The lowest BCUT2D eigenvalue weighted by molar-refractivity contribution is -0.178. The standard InChI is InChI=1S/C17H16F4N2O4/c1-2-3-11-8-23(13(24)10-4-6-12(18)7-5-10)9-16(11,15(26)27)22-14(25)17(19,20)21/h2,4-7,11H,1,3,8-9H2,(H,22,25)(H,26,27)/t11-,16-/m0/s1. The van der Waals surface area contributed by atoms with Gasteiger partial charge in [0.15, 0.2) is 5.54 Å². The molecular formula is C17H16F4N2O4. The maximum atomic E-state index is 13.0. The van der Waals surface area contributed by atoms with E-state index in [0.717, 1.165) is 17.0 Å². The van der Waals surface area contributed by atoms with E-state index in [4.69, 9.17) is 0 Å². The van der Waals surface area contributed by atoms with Gasteiger partial charge in [-0.2, -0.15) is 13.2 Å². The van der Waals surface area contributed by atoms with Gasteiger partial charge in [0.05, 0.1) is 6.54 Å². The molecule has 27 heavy (non-hydrogen) atoms. The molecule has 0 spiro atoms. The molecule has 0 aromatic heterocycles. The summed E-state index contributed by atoms with van der Waals surface area (Å²) >= 11 is 0. The molecule has 0 aliphatic carbocycles. The van der Waals surface area contributed by atoms with Gasteiger partial charge in [0.25, 0.3) is 5.91 Å². The van der Waals surface area contributed by atoms with Gasteiger partial charge in [-0.1, -0.05) is 6.08 Å². The van der Waals surface area contributed by atoms with E-state index in [-0.39, 0.29) is 18.5 Å². The van der Waals surface area contributed by atoms with Gasteiger partial charge in [-0.05, 0) is 30.7 Å². The summed E-state index contributed by atoms with van der Waals surface area (Å²) in [5.74, 6) is -6.40. The number of nitrogens with one attached hydrogen (secondary N) is 1. The van der Waals surface area contributed by atoms with Crippen molar-refractivity contribution in [1.29, 1.82) is 0 Å². The Balaban J connectivity index is 2.36. The third-order valence-corrected chi connectivity index (χ3v) is 4.38. The zero-order valence-electron chi connectivity index (χ0n) is 13.9. The van der Waals surface area contributed by atoms with Gasteiger partial charge in [-0.25, -0.2) is 9.18 Å². The van der Waals surface area contributed by atoms with Gasteiger partial charge in [0.2, 0.25) is 0 Å². The smallest absolute Gasteiger partial charge is 0.471 e. The number of aliphatic carboxylic acids is 1. The van der Waals surface area contributed by atoms with Crippen LogP contribution in [0.15, 0.2) is 36.9 Å². The summed E-state index contributed by atoms with van der Waals surface area (Å²) in [6.45, 7) is 2.56. The highest BCUT2D eigenvalue weighted by Gasteiger charge is 2.57. The largest absolute Gasteiger partial charge is 0.479 e. The molecule has 1 saturated heterocycles. The third-order valence-electron chi connectivity index (χ3n) is 4.38. The normalized spacial score (nSPS) is 22.4. The Hall–Kier alpha value is -2.91. The minimum absolute atomic E-state index is 0.0390. The quantitative estimate of drug-likeness (QED) is 0.597. The first-order valence-electron chi connectivity index (χ1n) is 7.79. The van der Waals surface area contributed by atoms with E-state index in [1.54, 1.807) is 5.32 Å². The van der Waals surface area contributed by atoms with Crippen LogP contribution >= 0.6 is 0 Å². The number of carbonyl (C=O) groups is 3. The summed E-state index contributed by atoms with van der Waals surface area (Å²) in [4.78, 5) is 36.8. The van der Waals surface area contributed by atoms with Crippen LogP contribution in [-0.4, -0.2) is 52.6 Å². The number of rotatable bonds is 5. The van der Waals surface area contributed by atoms with Gasteiger partial charge in [-0.3, -0.25) is 9.59 Å². The maximum absolute atomic E-state index is 13.0. The number of amides is 2. The number of hydrogen-bond donors (Lipinski definition) is 2. The molecule has 2 N–H and O–H groups in total. The fourth-order valence-corrected chi connectivity index (χ4v) is 3.03. The summed E-state index contributed by atoms with van der Waals surface area (Å²) in [7, 11) is 0. The lowest BCUT2D eigenvalue weighted by atomic mass is 9.84. The predicted octanol–water partition coefficient (Wildman–Crippen LogP) is 1.98. The number of halogens is 4. The Kier molecular flexibility index (Phi) is 5.57. The molecular weight excluding hydrogens is 372 g/mol. The fraction of sp³-hybridized carbons (Fsp3) is 0.353. The SMILES string of the molecule is C=CC[C@H]1CN(C(=O)c2ccc(F)cc2)C[C@@]1(NC(=O)C(F)(F)F)C(=O)O. The number of carboxylic acids is 1. The van der Waals surface area contributed by atoms with E-state index in [9.17, 15) is 37.1 Å². The number of carboxylic acid groups (broad SMARTS) is 1. The highest BCUT2D eigenvalue weighted by atomic mass is 19.4. The molecule has 1 aliphatic rings. The molecule has 0 bridgehead atoms. The van der Waals surface area contributed by atoms with Crippen LogP contribution in [0, 0.1) is 11.7 Å². The van der Waals surface area contributed by atoms with Crippen molar-refractivity contribution in [2.45, 2.75) is 18.1 Å². The number of allylic oxidation sites excluding steroid dienone is 1. The minimum Gasteiger partial charge on any atom is -0.479 e. The summed E-state index contributed by atoms with van der Waals surface area (Å²) in [6.07, 6.45) is -4.03. The van der Waals surface area contributed by atoms with Crippen LogP contribution < -0.4 is 5.32 Å². The Labute approximate surface area is 151 Å². The first kappa shape index (κ1) is 20.4. The first-order chi connectivity index (χ1) is 12.5. The van der Waals surface area contributed by atoms with Crippen LogP contribution in [0.2, 0.25) is 0 Å². The van der Waals surface area contributed by atoms with E-state index in [1.165, 1.54) is 18.2 Å². The van der Waals surface area contributed by atoms with Crippen molar-refractivity contribution >= 4 is 17.8 Å². The molecule has 1 aromatic carbocycles. The lowest BCUT2D eigenvalue weighted by Gasteiger charge is -2.31. The van der Waals surface area contributed by atoms with Gasteiger partial charge in [-0.15, -0.1) is 6.58 Å². The summed E-state index contributed by atoms with van der Waals surface area (Å²) < 4.78 is 51.0. The Morgan fingerprint density at radius 2 is 1.89 bits per heavy atom. The van der Waals surface area contributed by atoms with E-state index < -0.39 is 47.8 Å². The molecule has 0 unspecified atom stereocenters. The van der Waals surface area contributed by atoms with Crippen molar-refractivity contribution < 1.29 is 37.1 Å². The molecule has 2 amide bonds. The van der Waals surface area contributed by atoms with Crippen molar-refractivity contribution in [3.8, 4) is 0 Å². The van der Waals surface area contributed by atoms with Gasteiger partial charge < -0.3 is 15.3 Å².